The van der Waals surface area contributed by atoms with Crippen molar-refractivity contribution in [2.75, 3.05) is 0 Å². The first kappa shape index (κ1) is 8.78. The van der Waals surface area contributed by atoms with Crippen LogP contribution in [0.1, 0.15) is 24.8 Å². The quantitative estimate of drug-likeness (QED) is 0.694. The average Bonchev–Trinajstić information content (AvgIpc) is 2.05. The van der Waals surface area contributed by atoms with E-state index in [1.807, 2.05) is 19.1 Å². The molecule has 12 heavy (non-hydrogen) atoms. The molecule has 1 N–H and O–H groups in total. The Morgan fingerprint density at radius 2 is 2.17 bits per heavy atom. The topological polar surface area (TPSA) is 37.3 Å². The van der Waals surface area contributed by atoms with Crippen molar-refractivity contribution < 1.29 is 9.90 Å². The van der Waals surface area contributed by atoms with E-state index in [1.165, 1.54) is 0 Å². The van der Waals surface area contributed by atoms with Gasteiger partial charge in [-0.1, -0.05) is 25.1 Å². The molecule has 0 spiro atoms. The zero-order valence-electron chi connectivity index (χ0n) is 7.03. The molecule has 0 heterocycles. The third-order valence-electron chi connectivity index (χ3n) is 1.92. The molecule has 0 aromatic heterocycles. The highest BCUT2D eigenvalue weighted by Crippen LogP contribution is 2.26. The molecule has 0 bridgehead atoms. The third kappa shape index (κ3) is 1.84. The number of phenols is 1. The van der Waals surface area contributed by atoms with Gasteiger partial charge in [-0.2, -0.15) is 0 Å². The highest BCUT2D eigenvalue weighted by molar-refractivity contribution is 5.52. The second kappa shape index (κ2) is 3.90. The van der Waals surface area contributed by atoms with Gasteiger partial charge >= 0.3 is 0 Å². The number of phenolic OH excluding ortho intramolecular Hbond substituents is 1. The van der Waals surface area contributed by atoms with Gasteiger partial charge in [0.15, 0.2) is 0 Å². The van der Waals surface area contributed by atoms with E-state index in [0.29, 0.717) is 6.42 Å². The van der Waals surface area contributed by atoms with Crippen LogP contribution in [0.15, 0.2) is 24.3 Å². The van der Waals surface area contributed by atoms with Crippen LogP contribution in [0.3, 0.4) is 0 Å². The standard InChI is InChI=1S/C10H12O2/c1-8(6-7-11)9-4-2-3-5-10(9)12/h2-5,7-8,12H,6H2,1H3. The molecule has 0 saturated heterocycles. The monoisotopic (exact) mass is 164 g/mol. The van der Waals surface area contributed by atoms with Crippen LogP contribution < -0.4 is 0 Å². The van der Waals surface area contributed by atoms with Crippen molar-refractivity contribution in [3.05, 3.63) is 29.8 Å². The Bertz CT molecular complexity index is 268. The van der Waals surface area contributed by atoms with Gasteiger partial charge in [-0.05, 0) is 17.5 Å². The minimum absolute atomic E-state index is 0.101. The van der Waals surface area contributed by atoms with E-state index >= 15 is 0 Å². The maximum atomic E-state index is 10.2. The van der Waals surface area contributed by atoms with Gasteiger partial charge in [0.2, 0.25) is 0 Å². The van der Waals surface area contributed by atoms with Crippen molar-refractivity contribution in [3.8, 4) is 5.75 Å². The molecule has 1 aromatic carbocycles. The fourth-order valence-corrected chi connectivity index (χ4v) is 1.18. The fourth-order valence-electron chi connectivity index (χ4n) is 1.18. The zero-order valence-corrected chi connectivity index (χ0v) is 7.03. The number of rotatable bonds is 3. The molecule has 0 fully saturated rings. The Balaban J connectivity index is 2.86. The van der Waals surface area contributed by atoms with Crippen molar-refractivity contribution in [2.45, 2.75) is 19.3 Å². The van der Waals surface area contributed by atoms with E-state index < -0.39 is 0 Å². The van der Waals surface area contributed by atoms with Gasteiger partial charge < -0.3 is 9.90 Å². The van der Waals surface area contributed by atoms with Crippen molar-refractivity contribution in [2.24, 2.45) is 0 Å². The lowest BCUT2D eigenvalue weighted by molar-refractivity contribution is -0.108. The molecule has 64 valence electrons. The molecule has 1 unspecified atom stereocenters. The maximum absolute atomic E-state index is 10.2. The van der Waals surface area contributed by atoms with Crippen LogP contribution in [0.2, 0.25) is 0 Å². The summed E-state index contributed by atoms with van der Waals surface area (Å²) in [6.07, 6.45) is 1.33. The van der Waals surface area contributed by atoms with Gasteiger partial charge in [0.05, 0.1) is 0 Å². The molecule has 0 aliphatic heterocycles. The molecular formula is C10H12O2. The van der Waals surface area contributed by atoms with Crippen LogP contribution >= 0.6 is 0 Å². The van der Waals surface area contributed by atoms with Crippen LogP contribution in [-0.2, 0) is 4.79 Å². The van der Waals surface area contributed by atoms with Gasteiger partial charge in [0, 0.05) is 6.42 Å². The Labute approximate surface area is 71.8 Å². The first-order chi connectivity index (χ1) is 5.75. The van der Waals surface area contributed by atoms with Crippen molar-refractivity contribution >= 4 is 6.29 Å². The normalized spacial score (nSPS) is 12.4. The van der Waals surface area contributed by atoms with E-state index in [2.05, 4.69) is 0 Å². The third-order valence-corrected chi connectivity index (χ3v) is 1.92. The van der Waals surface area contributed by atoms with Crippen LogP contribution in [-0.4, -0.2) is 11.4 Å². The summed E-state index contributed by atoms with van der Waals surface area (Å²) in [5.41, 5.74) is 0.838. The summed E-state index contributed by atoms with van der Waals surface area (Å²) in [5, 5.41) is 9.39. The van der Waals surface area contributed by atoms with E-state index in [1.54, 1.807) is 12.1 Å². The number of hydrogen-bond acceptors (Lipinski definition) is 2. The lowest BCUT2D eigenvalue weighted by atomic mass is 9.98. The van der Waals surface area contributed by atoms with Gasteiger partial charge in [0.25, 0.3) is 0 Å². The second-order valence-electron chi connectivity index (χ2n) is 2.86. The summed E-state index contributed by atoms with van der Waals surface area (Å²) >= 11 is 0. The summed E-state index contributed by atoms with van der Waals surface area (Å²) in [6, 6.07) is 7.10. The van der Waals surface area contributed by atoms with Crippen molar-refractivity contribution in [1.29, 1.82) is 0 Å². The van der Waals surface area contributed by atoms with Gasteiger partial charge in [-0.15, -0.1) is 0 Å². The van der Waals surface area contributed by atoms with Gasteiger partial charge in [-0.25, -0.2) is 0 Å². The highest BCUT2D eigenvalue weighted by Gasteiger charge is 2.07. The summed E-state index contributed by atoms with van der Waals surface area (Å²) in [5.74, 6) is 0.371. The number of aldehydes is 1. The smallest absolute Gasteiger partial charge is 0.120 e. The molecule has 0 radical (unpaired) electrons. The predicted octanol–water partition coefficient (Wildman–Crippen LogP) is 2.08. The largest absolute Gasteiger partial charge is 0.508 e. The minimum atomic E-state index is 0.101. The summed E-state index contributed by atoms with van der Waals surface area (Å²) in [6.45, 7) is 1.92. The van der Waals surface area contributed by atoms with Crippen LogP contribution in [0, 0.1) is 0 Å². The van der Waals surface area contributed by atoms with Crippen LogP contribution in [0.4, 0.5) is 0 Å². The Morgan fingerprint density at radius 3 is 2.75 bits per heavy atom. The summed E-state index contributed by atoms with van der Waals surface area (Å²) in [7, 11) is 0. The van der Waals surface area contributed by atoms with E-state index in [0.717, 1.165) is 11.8 Å². The molecule has 1 rings (SSSR count). The molecule has 2 nitrogen and oxygen atoms in total. The van der Waals surface area contributed by atoms with Gasteiger partial charge in [-0.3, -0.25) is 0 Å². The Morgan fingerprint density at radius 1 is 1.50 bits per heavy atom. The van der Waals surface area contributed by atoms with Crippen molar-refractivity contribution in [3.63, 3.8) is 0 Å². The van der Waals surface area contributed by atoms with Gasteiger partial charge in [0.1, 0.15) is 12.0 Å². The molecule has 0 aliphatic carbocycles. The molecule has 0 aliphatic rings. The highest BCUT2D eigenvalue weighted by atomic mass is 16.3. The van der Waals surface area contributed by atoms with E-state index in [9.17, 15) is 9.90 Å². The van der Waals surface area contributed by atoms with Crippen LogP contribution in [0.5, 0.6) is 5.75 Å². The molecule has 0 saturated carbocycles. The molecule has 0 amide bonds. The Kier molecular flexibility index (Phi) is 2.86. The first-order valence-corrected chi connectivity index (χ1v) is 3.97. The number of carbonyl (C=O) groups excluding carboxylic acids is 1. The first-order valence-electron chi connectivity index (χ1n) is 3.97. The lowest BCUT2D eigenvalue weighted by Crippen LogP contribution is -1.94. The molecule has 1 aromatic rings. The predicted molar refractivity (Wildman–Crippen MR) is 47.2 cm³/mol. The number of aromatic hydroxyl groups is 1. The summed E-state index contributed by atoms with van der Waals surface area (Å²) < 4.78 is 0. The number of benzene rings is 1. The van der Waals surface area contributed by atoms with Crippen LogP contribution in [0.25, 0.3) is 0 Å². The minimum Gasteiger partial charge on any atom is -0.508 e. The SMILES string of the molecule is CC(CC=O)c1ccccc1O. The fraction of sp³-hybridized carbons (Fsp3) is 0.300. The van der Waals surface area contributed by atoms with E-state index in [4.69, 9.17) is 0 Å². The second-order valence-corrected chi connectivity index (χ2v) is 2.86. The zero-order chi connectivity index (χ0) is 8.97. The molecule has 1 atom stereocenters. The number of para-hydroxylation sites is 1. The Hall–Kier alpha value is -1.31. The molecular weight excluding hydrogens is 152 g/mol. The lowest BCUT2D eigenvalue weighted by Gasteiger charge is -2.09. The average molecular weight is 164 g/mol. The number of carbonyl (C=O) groups is 1. The van der Waals surface area contributed by atoms with E-state index in [-0.39, 0.29) is 11.7 Å². The van der Waals surface area contributed by atoms with Crippen molar-refractivity contribution in [1.82, 2.24) is 0 Å². The number of hydrogen-bond donors (Lipinski definition) is 1. The molecule has 2 heteroatoms. The summed E-state index contributed by atoms with van der Waals surface area (Å²) in [4.78, 5) is 10.2. The maximum Gasteiger partial charge on any atom is 0.120 e.